The molecule has 0 unspecified atom stereocenters. The molecule has 3 rings (SSSR count). The predicted octanol–water partition coefficient (Wildman–Crippen LogP) is 5.18. The molecule has 10 heteroatoms. The number of imidazole rings is 1. The van der Waals surface area contributed by atoms with Crippen LogP contribution in [0.1, 0.15) is 65.1 Å². The topological polar surface area (TPSA) is 46.9 Å². The lowest BCUT2D eigenvalue weighted by atomic mass is 9.89. The molecule has 1 aliphatic rings. The van der Waals surface area contributed by atoms with E-state index >= 15 is 0 Å². The number of hydrogen-bond acceptors (Lipinski definition) is 2. The number of carbonyl (C=O) groups excluding carboxylic acids is 1. The van der Waals surface area contributed by atoms with Crippen molar-refractivity contribution in [3.63, 3.8) is 0 Å². The molecule has 0 spiro atoms. The van der Waals surface area contributed by atoms with E-state index in [1.165, 1.54) is 6.20 Å². The number of nitrogens with zero attached hydrogens (tertiary/aromatic N) is 2. The number of rotatable bonds is 5. The molecule has 0 saturated heterocycles. The van der Waals surface area contributed by atoms with Crippen LogP contribution < -0.4 is 5.32 Å². The Labute approximate surface area is 169 Å². The Morgan fingerprint density at radius 2 is 1.77 bits per heavy atom. The van der Waals surface area contributed by atoms with Gasteiger partial charge in [-0.2, -0.15) is 26.3 Å². The van der Waals surface area contributed by atoms with Crippen LogP contribution in [-0.2, 0) is 25.3 Å². The number of alkyl halides is 6. The van der Waals surface area contributed by atoms with Gasteiger partial charge in [-0.15, -0.1) is 0 Å². The first kappa shape index (κ1) is 22.2. The Morgan fingerprint density at radius 1 is 1.13 bits per heavy atom. The third-order valence-electron chi connectivity index (χ3n) is 5.12. The molecular formula is C20H21F6N3O. The minimum atomic E-state index is -4.88. The van der Waals surface area contributed by atoms with Crippen LogP contribution in [0.25, 0.3) is 0 Å². The fourth-order valence-electron chi connectivity index (χ4n) is 3.51. The molecule has 1 aromatic heterocycles. The molecule has 4 nitrogen and oxygen atoms in total. The molecule has 2 heterocycles. The maximum Gasteiger partial charge on any atom is 0.416 e. The van der Waals surface area contributed by atoms with E-state index in [0.717, 1.165) is 25.0 Å². The maximum absolute atomic E-state index is 13.1. The Bertz CT molecular complexity index is 884. The molecule has 2 aromatic rings. The largest absolute Gasteiger partial charge is 0.416 e. The van der Waals surface area contributed by atoms with E-state index in [2.05, 4.69) is 10.3 Å². The highest BCUT2D eigenvalue weighted by molar-refractivity contribution is 5.92. The van der Waals surface area contributed by atoms with Gasteiger partial charge in [0.05, 0.1) is 11.1 Å². The smallest absolute Gasteiger partial charge is 0.351 e. The van der Waals surface area contributed by atoms with Crippen molar-refractivity contribution in [2.24, 2.45) is 0 Å². The quantitative estimate of drug-likeness (QED) is 0.522. The van der Waals surface area contributed by atoms with E-state index in [1.807, 2.05) is 6.92 Å². The van der Waals surface area contributed by atoms with Gasteiger partial charge in [0.25, 0.3) is 5.91 Å². The molecule has 0 fully saturated rings. The second-order valence-electron chi connectivity index (χ2n) is 7.38. The normalized spacial score (nSPS) is 17.0. The average molecular weight is 433 g/mol. The molecule has 164 valence electrons. The summed E-state index contributed by atoms with van der Waals surface area (Å²) in [5, 5.41) is 2.74. The van der Waals surface area contributed by atoms with Gasteiger partial charge in [-0.3, -0.25) is 4.79 Å². The lowest BCUT2D eigenvalue weighted by Gasteiger charge is -2.25. The van der Waals surface area contributed by atoms with Crippen molar-refractivity contribution < 1.29 is 31.1 Å². The molecule has 0 aliphatic carbocycles. The zero-order valence-electron chi connectivity index (χ0n) is 16.2. The van der Waals surface area contributed by atoms with Crippen LogP contribution in [0, 0.1) is 0 Å². The van der Waals surface area contributed by atoms with Crippen LogP contribution >= 0.6 is 0 Å². The molecule has 1 amide bonds. The first-order chi connectivity index (χ1) is 14.0. The summed E-state index contributed by atoms with van der Waals surface area (Å²) in [7, 11) is 0. The number of fused-ring (bicyclic) bond motifs is 1. The van der Waals surface area contributed by atoms with Gasteiger partial charge in [0.2, 0.25) is 0 Å². The summed E-state index contributed by atoms with van der Waals surface area (Å²) in [5.41, 5.74) is -2.47. The number of aryl methyl sites for hydroxylation is 1. The van der Waals surface area contributed by atoms with Gasteiger partial charge in [0.15, 0.2) is 0 Å². The first-order valence-electron chi connectivity index (χ1n) is 9.62. The van der Waals surface area contributed by atoms with Crippen LogP contribution in [-0.4, -0.2) is 22.0 Å². The number of amides is 1. The summed E-state index contributed by atoms with van der Waals surface area (Å²) in [6.45, 7) is 2.65. The van der Waals surface area contributed by atoms with Crippen molar-refractivity contribution >= 4 is 5.91 Å². The summed E-state index contributed by atoms with van der Waals surface area (Å²) in [4.78, 5) is 16.4. The zero-order chi connectivity index (χ0) is 22.1. The second-order valence-corrected chi connectivity index (χ2v) is 7.38. The van der Waals surface area contributed by atoms with Crippen LogP contribution in [0.2, 0.25) is 0 Å². The Kier molecular flexibility index (Phi) is 6.14. The van der Waals surface area contributed by atoms with Gasteiger partial charge in [-0.25, -0.2) is 4.98 Å². The minimum Gasteiger partial charge on any atom is -0.351 e. The SMILES string of the molecule is CCCCNC(=O)c1cn2c(n1)CC[C@H](c1cc(C(F)(F)F)cc(C(F)(F)F)c1)C2. The lowest BCUT2D eigenvalue weighted by Crippen LogP contribution is -2.24. The summed E-state index contributed by atoms with van der Waals surface area (Å²) >= 11 is 0. The second kappa shape index (κ2) is 8.31. The fraction of sp³-hybridized carbons (Fsp3) is 0.500. The molecule has 0 saturated carbocycles. The van der Waals surface area contributed by atoms with Crippen molar-refractivity contribution in [1.82, 2.24) is 14.9 Å². The number of nitrogens with one attached hydrogen (secondary N) is 1. The van der Waals surface area contributed by atoms with Crippen molar-refractivity contribution in [1.29, 1.82) is 0 Å². The molecule has 1 aromatic carbocycles. The summed E-state index contributed by atoms with van der Waals surface area (Å²) in [6, 6.07) is 1.69. The summed E-state index contributed by atoms with van der Waals surface area (Å²) in [6.07, 6.45) is -5.84. The third-order valence-corrected chi connectivity index (χ3v) is 5.12. The molecule has 1 N–H and O–H groups in total. The highest BCUT2D eigenvalue weighted by Crippen LogP contribution is 2.39. The predicted molar refractivity (Wildman–Crippen MR) is 97.0 cm³/mol. The number of carbonyl (C=O) groups is 1. The van der Waals surface area contributed by atoms with E-state index in [-0.39, 0.29) is 29.8 Å². The third kappa shape index (κ3) is 4.96. The van der Waals surface area contributed by atoms with E-state index in [0.29, 0.717) is 25.2 Å². The Morgan fingerprint density at radius 3 is 2.33 bits per heavy atom. The van der Waals surface area contributed by atoms with Crippen LogP contribution in [0.3, 0.4) is 0 Å². The van der Waals surface area contributed by atoms with Gasteiger partial charge in [0.1, 0.15) is 11.5 Å². The summed E-state index contributed by atoms with van der Waals surface area (Å²) < 4.78 is 80.4. The number of aromatic nitrogens is 2. The molecule has 0 bridgehead atoms. The average Bonchev–Trinajstić information content (AvgIpc) is 3.10. The first-order valence-corrected chi connectivity index (χ1v) is 9.62. The molecule has 30 heavy (non-hydrogen) atoms. The number of hydrogen-bond donors (Lipinski definition) is 1. The Balaban J connectivity index is 1.85. The van der Waals surface area contributed by atoms with Crippen LogP contribution in [0.4, 0.5) is 26.3 Å². The van der Waals surface area contributed by atoms with Crippen molar-refractivity contribution in [2.45, 2.75) is 57.4 Å². The highest BCUT2D eigenvalue weighted by Gasteiger charge is 2.38. The van der Waals surface area contributed by atoms with Crippen molar-refractivity contribution in [3.05, 3.63) is 52.6 Å². The lowest BCUT2D eigenvalue weighted by molar-refractivity contribution is -0.143. The van der Waals surface area contributed by atoms with Gasteiger partial charge in [-0.1, -0.05) is 13.3 Å². The van der Waals surface area contributed by atoms with Gasteiger partial charge >= 0.3 is 12.4 Å². The van der Waals surface area contributed by atoms with Crippen LogP contribution in [0.5, 0.6) is 0 Å². The summed E-state index contributed by atoms with van der Waals surface area (Å²) in [5.74, 6) is -0.304. The number of halogens is 6. The molecule has 1 atom stereocenters. The van der Waals surface area contributed by atoms with Crippen molar-refractivity contribution in [3.8, 4) is 0 Å². The molecule has 1 aliphatic heterocycles. The number of unbranched alkanes of at least 4 members (excludes halogenated alkanes) is 1. The highest BCUT2D eigenvalue weighted by atomic mass is 19.4. The van der Waals surface area contributed by atoms with E-state index in [4.69, 9.17) is 0 Å². The van der Waals surface area contributed by atoms with Crippen LogP contribution in [0.15, 0.2) is 24.4 Å². The maximum atomic E-state index is 13.1. The monoisotopic (exact) mass is 433 g/mol. The zero-order valence-corrected chi connectivity index (χ0v) is 16.2. The fourth-order valence-corrected chi connectivity index (χ4v) is 3.51. The van der Waals surface area contributed by atoms with E-state index in [1.54, 1.807) is 4.57 Å². The standard InChI is InChI=1S/C20H21F6N3O/c1-2-3-6-27-18(30)16-11-29-10-12(4-5-17(29)28-16)13-7-14(19(21,22)23)9-15(8-13)20(24,25)26/h7-9,11-12H,2-6,10H2,1H3,(H,27,30)/t12-/m0/s1. The molecular weight excluding hydrogens is 412 g/mol. The van der Waals surface area contributed by atoms with Gasteiger partial charge in [0, 0.05) is 31.6 Å². The molecule has 0 radical (unpaired) electrons. The number of benzene rings is 1. The van der Waals surface area contributed by atoms with E-state index < -0.39 is 29.4 Å². The van der Waals surface area contributed by atoms with Gasteiger partial charge < -0.3 is 9.88 Å². The van der Waals surface area contributed by atoms with Gasteiger partial charge in [-0.05, 0) is 36.6 Å². The van der Waals surface area contributed by atoms with Crippen molar-refractivity contribution in [2.75, 3.05) is 6.54 Å². The minimum absolute atomic E-state index is 0.0227. The Hall–Kier alpha value is -2.52. The van der Waals surface area contributed by atoms with E-state index in [9.17, 15) is 31.1 Å².